The van der Waals surface area contributed by atoms with Gasteiger partial charge in [-0.05, 0) is 38.3 Å². The lowest BCUT2D eigenvalue weighted by molar-refractivity contribution is 0.411. The lowest BCUT2D eigenvalue weighted by Gasteiger charge is -2.29. The van der Waals surface area contributed by atoms with E-state index in [2.05, 4.69) is 76.1 Å². The maximum atomic E-state index is 3.67. The van der Waals surface area contributed by atoms with Crippen molar-refractivity contribution in [2.45, 2.75) is 57.9 Å². The topological polar surface area (TPSA) is 12.0 Å². The van der Waals surface area contributed by atoms with Crippen molar-refractivity contribution in [3.05, 3.63) is 35.9 Å². The van der Waals surface area contributed by atoms with Crippen LogP contribution in [-0.4, -0.2) is 20.2 Å². The molecule has 1 nitrogen and oxygen atoms in total. The van der Waals surface area contributed by atoms with Gasteiger partial charge in [0.15, 0.2) is 0 Å². The quantitative estimate of drug-likeness (QED) is 0.772. The fraction of sp³-hybridized carbons (Fsp3) is 0.625. The summed E-state index contributed by atoms with van der Waals surface area (Å²) in [6.07, 6.45) is 0. The lowest BCUT2D eigenvalue weighted by Crippen LogP contribution is -2.40. The molecule has 0 aliphatic rings. The first-order valence-electron chi connectivity index (χ1n) is 6.97. The van der Waals surface area contributed by atoms with Gasteiger partial charge in [-0.1, -0.05) is 50.0 Å². The van der Waals surface area contributed by atoms with Gasteiger partial charge in [-0.15, -0.1) is 0 Å². The Hall–Kier alpha value is -0.603. The number of benzene rings is 1. The predicted octanol–water partition coefficient (Wildman–Crippen LogP) is 4.50. The molecule has 0 amide bonds. The molecule has 0 saturated heterocycles. The fourth-order valence-electron chi connectivity index (χ4n) is 2.20. The highest BCUT2D eigenvalue weighted by Gasteiger charge is 2.23. The average Bonchev–Trinajstić information content (AvgIpc) is 2.23. The Kier molecular flexibility index (Phi) is 5.17. The van der Waals surface area contributed by atoms with Crippen LogP contribution in [0.15, 0.2) is 30.3 Å². The van der Waals surface area contributed by atoms with Gasteiger partial charge in [0.1, 0.15) is 0 Å². The molecule has 1 rings (SSSR count). The van der Waals surface area contributed by atoms with Gasteiger partial charge in [0.05, 0.1) is 0 Å². The second kappa shape index (κ2) is 6.03. The van der Waals surface area contributed by atoms with Crippen LogP contribution >= 0.6 is 0 Å². The Bertz CT molecular complexity index is 346. The Morgan fingerprint density at radius 3 is 2.06 bits per heavy atom. The highest BCUT2D eigenvalue weighted by Crippen LogP contribution is 2.26. The Labute approximate surface area is 114 Å². The van der Waals surface area contributed by atoms with Crippen molar-refractivity contribution in [2.24, 2.45) is 0 Å². The first-order valence-corrected chi connectivity index (χ1v) is 10.7. The van der Waals surface area contributed by atoms with Crippen LogP contribution in [0, 0.1) is 0 Å². The van der Waals surface area contributed by atoms with E-state index in [9.17, 15) is 0 Å². The molecular weight excluding hydrogens is 234 g/mol. The van der Waals surface area contributed by atoms with Gasteiger partial charge in [-0.2, -0.15) is 0 Å². The molecule has 0 radical (unpaired) electrons. The summed E-state index contributed by atoms with van der Waals surface area (Å²) in [7, 11) is -1.04. The molecular formula is C16H29NSi. The molecule has 1 unspecified atom stereocenters. The summed E-state index contributed by atoms with van der Waals surface area (Å²) in [6.45, 7) is 15.2. The molecule has 18 heavy (non-hydrogen) atoms. The fourth-order valence-corrected chi connectivity index (χ4v) is 4.06. The largest absolute Gasteiger partial charge is 0.311 e. The van der Waals surface area contributed by atoms with E-state index >= 15 is 0 Å². The van der Waals surface area contributed by atoms with Gasteiger partial charge in [0, 0.05) is 20.2 Å². The van der Waals surface area contributed by atoms with E-state index < -0.39 is 8.07 Å². The van der Waals surface area contributed by atoms with Crippen molar-refractivity contribution in [2.75, 3.05) is 6.54 Å². The van der Waals surface area contributed by atoms with Crippen LogP contribution in [-0.2, 0) is 0 Å². The van der Waals surface area contributed by atoms with Crippen molar-refractivity contribution < 1.29 is 0 Å². The Morgan fingerprint density at radius 1 is 1.06 bits per heavy atom. The van der Waals surface area contributed by atoms with Crippen LogP contribution in [0.1, 0.15) is 32.3 Å². The molecule has 0 aliphatic heterocycles. The average molecular weight is 264 g/mol. The standard InChI is InChI=1S/C16H29NSi/c1-16(2,3)17-12-15(13-18(4,5)6)14-10-8-7-9-11-14/h7-11,15,17H,12-13H2,1-6H3. The summed E-state index contributed by atoms with van der Waals surface area (Å²) in [5.74, 6) is 0.650. The first-order chi connectivity index (χ1) is 8.17. The van der Waals surface area contributed by atoms with Gasteiger partial charge < -0.3 is 5.32 Å². The van der Waals surface area contributed by atoms with Gasteiger partial charge >= 0.3 is 0 Å². The molecule has 0 aromatic heterocycles. The van der Waals surface area contributed by atoms with Crippen LogP contribution in [0.5, 0.6) is 0 Å². The molecule has 0 spiro atoms. The summed E-state index contributed by atoms with van der Waals surface area (Å²) < 4.78 is 0. The molecule has 0 bridgehead atoms. The van der Waals surface area contributed by atoms with Crippen molar-refractivity contribution >= 4 is 8.07 Å². The highest BCUT2D eigenvalue weighted by molar-refractivity contribution is 6.76. The molecule has 1 N–H and O–H groups in total. The second-order valence-corrected chi connectivity index (χ2v) is 13.0. The van der Waals surface area contributed by atoms with E-state index in [0.717, 1.165) is 6.54 Å². The van der Waals surface area contributed by atoms with Gasteiger partial charge in [-0.3, -0.25) is 0 Å². The number of nitrogens with one attached hydrogen (secondary N) is 1. The van der Waals surface area contributed by atoms with Crippen LogP contribution in [0.2, 0.25) is 25.7 Å². The van der Waals surface area contributed by atoms with Crippen molar-refractivity contribution in [1.29, 1.82) is 0 Å². The smallest absolute Gasteiger partial charge is 0.0449 e. The van der Waals surface area contributed by atoms with Gasteiger partial charge in [-0.25, -0.2) is 0 Å². The number of rotatable bonds is 5. The van der Waals surface area contributed by atoms with Crippen molar-refractivity contribution in [1.82, 2.24) is 5.32 Å². The summed E-state index contributed by atoms with van der Waals surface area (Å²) in [6, 6.07) is 12.3. The molecule has 102 valence electrons. The summed E-state index contributed by atoms with van der Waals surface area (Å²) in [4.78, 5) is 0. The summed E-state index contributed by atoms with van der Waals surface area (Å²) in [5, 5.41) is 3.67. The lowest BCUT2D eigenvalue weighted by atomic mass is 9.99. The van der Waals surface area contributed by atoms with E-state index in [1.807, 2.05) is 0 Å². The van der Waals surface area contributed by atoms with Crippen LogP contribution in [0.4, 0.5) is 0 Å². The molecule has 0 heterocycles. The maximum absolute atomic E-state index is 3.67. The number of hydrogen-bond donors (Lipinski definition) is 1. The van der Waals surface area contributed by atoms with Crippen molar-refractivity contribution in [3.8, 4) is 0 Å². The minimum Gasteiger partial charge on any atom is -0.311 e. The molecule has 0 aliphatic carbocycles. The maximum Gasteiger partial charge on any atom is 0.0449 e. The zero-order chi connectivity index (χ0) is 13.8. The Balaban J connectivity index is 2.76. The van der Waals surface area contributed by atoms with Gasteiger partial charge in [0.25, 0.3) is 0 Å². The van der Waals surface area contributed by atoms with E-state index in [4.69, 9.17) is 0 Å². The molecule has 0 saturated carbocycles. The molecule has 1 atom stereocenters. The van der Waals surface area contributed by atoms with Crippen molar-refractivity contribution in [3.63, 3.8) is 0 Å². The summed E-state index contributed by atoms with van der Waals surface area (Å²) >= 11 is 0. The monoisotopic (exact) mass is 263 g/mol. The normalized spacial score (nSPS) is 14.6. The summed E-state index contributed by atoms with van der Waals surface area (Å²) in [5.41, 5.74) is 1.68. The number of hydrogen-bond acceptors (Lipinski definition) is 1. The van der Waals surface area contributed by atoms with E-state index in [0.29, 0.717) is 5.92 Å². The van der Waals surface area contributed by atoms with Crippen LogP contribution in [0.3, 0.4) is 0 Å². The van der Waals surface area contributed by atoms with Crippen LogP contribution in [0.25, 0.3) is 0 Å². The third kappa shape index (κ3) is 6.36. The SMILES string of the molecule is CC(C)(C)NCC(C[Si](C)(C)C)c1ccccc1. The first kappa shape index (κ1) is 15.5. The van der Waals surface area contributed by atoms with Crippen LogP contribution < -0.4 is 5.32 Å². The third-order valence-corrected chi connectivity index (χ3v) is 4.73. The zero-order valence-electron chi connectivity index (χ0n) is 12.9. The molecule has 1 aromatic rings. The van der Waals surface area contributed by atoms with E-state index in [-0.39, 0.29) is 5.54 Å². The minimum atomic E-state index is -1.04. The predicted molar refractivity (Wildman–Crippen MR) is 85.1 cm³/mol. The molecule has 0 fully saturated rings. The van der Waals surface area contributed by atoms with E-state index in [1.165, 1.54) is 11.6 Å². The van der Waals surface area contributed by atoms with Gasteiger partial charge in [0.2, 0.25) is 0 Å². The molecule has 1 aromatic carbocycles. The van der Waals surface area contributed by atoms with E-state index in [1.54, 1.807) is 0 Å². The minimum absolute atomic E-state index is 0.201. The molecule has 2 heteroatoms. The zero-order valence-corrected chi connectivity index (χ0v) is 13.9. The highest BCUT2D eigenvalue weighted by atomic mass is 28.3. The Morgan fingerprint density at radius 2 is 1.61 bits per heavy atom. The third-order valence-electron chi connectivity index (χ3n) is 3.01. The second-order valence-electron chi connectivity index (χ2n) is 7.50.